The highest BCUT2D eigenvalue weighted by Gasteiger charge is 2.15. The fourth-order valence-electron chi connectivity index (χ4n) is 3.60. The maximum atomic E-state index is 11.2. The molecule has 164 valence electrons. The van der Waals surface area contributed by atoms with Gasteiger partial charge in [-0.1, -0.05) is 0 Å². The zero-order valence-corrected chi connectivity index (χ0v) is 18.6. The van der Waals surface area contributed by atoms with Crippen LogP contribution in [0.5, 0.6) is 5.75 Å². The number of carbonyl (C=O) groups excluding carboxylic acids is 1. The van der Waals surface area contributed by atoms with Crippen LogP contribution in [0.25, 0.3) is 5.69 Å². The number of nitrogens with two attached hydrogens (primary N) is 1. The first kappa shape index (κ1) is 22.0. The highest BCUT2D eigenvalue weighted by atomic mass is 16.5. The van der Waals surface area contributed by atoms with E-state index in [1.54, 1.807) is 26.3 Å². The Labute approximate surface area is 182 Å². The molecule has 0 fully saturated rings. The number of carbonyl (C=O) groups is 1. The molecular weight excluding hydrogens is 394 g/mol. The van der Waals surface area contributed by atoms with Gasteiger partial charge in [-0.05, 0) is 61.9 Å². The number of nitrogens with zero attached hydrogens (tertiary/aromatic N) is 3. The van der Waals surface area contributed by atoms with Crippen molar-refractivity contribution in [3.8, 4) is 11.4 Å². The van der Waals surface area contributed by atoms with E-state index in [0.717, 1.165) is 17.1 Å². The number of aromatic nitrogens is 1. The maximum Gasteiger partial charge on any atom is 0.284 e. The number of benzene rings is 1. The third kappa shape index (κ3) is 4.91. The van der Waals surface area contributed by atoms with Crippen molar-refractivity contribution in [2.75, 3.05) is 21.2 Å². The van der Waals surface area contributed by atoms with E-state index in [-0.39, 0.29) is 5.76 Å². The number of hydrogen-bond donors (Lipinski definition) is 2. The molecule has 1 amide bonds. The molecule has 31 heavy (non-hydrogen) atoms. The SMILES string of the molecule is CN=C(NCc1ccc(C(N)=O)o1)N(C)Cc1cc(C)n(-c2ccc(OC)cc2)c1C. The molecule has 8 nitrogen and oxygen atoms in total. The second-order valence-electron chi connectivity index (χ2n) is 7.32. The quantitative estimate of drug-likeness (QED) is 0.450. The first-order chi connectivity index (χ1) is 14.8. The third-order valence-electron chi connectivity index (χ3n) is 5.17. The average Bonchev–Trinajstić information content (AvgIpc) is 3.33. The second-order valence-corrected chi connectivity index (χ2v) is 7.32. The van der Waals surface area contributed by atoms with E-state index >= 15 is 0 Å². The molecule has 1 aromatic carbocycles. The third-order valence-corrected chi connectivity index (χ3v) is 5.17. The molecule has 0 saturated heterocycles. The Bertz CT molecular complexity index is 1080. The second kappa shape index (κ2) is 9.42. The van der Waals surface area contributed by atoms with Gasteiger partial charge in [0.25, 0.3) is 5.91 Å². The van der Waals surface area contributed by atoms with Crippen LogP contribution in [0.4, 0.5) is 0 Å². The van der Waals surface area contributed by atoms with Crippen LogP contribution in [0.15, 0.2) is 51.9 Å². The lowest BCUT2D eigenvalue weighted by molar-refractivity contribution is 0.0972. The number of ether oxygens (including phenoxy) is 1. The van der Waals surface area contributed by atoms with Crippen LogP contribution in [0.1, 0.15) is 33.3 Å². The number of nitrogens with one attached hydrogen (secondary N) is 1. The standard InChI is InChI=1S/C23H29N5O3/c1-15-12-17(16(2)28(15)18-6-8-19(30-5)9-7-18)14-27(4)23(25-3)26-13-20-10-11-21(31-20)22(24)29/h6-12H,13-14H2,1-5H3,(H2,24,29)(H,25,26). The van der Waals surface area contributed by atoms with Crippen LogP contribution in [-0.4, -0.2) is 42.5 Å². The summed E-state index contributed by atoms with van der Waals surface area (Å²) in [5.74, 6) is 1.72. The first-order valence-electron chi connectivity index (χ1n) is 9.96. The van der Waals surface area contributed by atoms with E-state index in [2.05, 4.69) is 46.9 Å². The summed E-state index contributed by atoms with van der Waals surface area (Å²) < 4.78 is 12.9. The lowest BCUT2D eigenvalue weighted by atomic mass is 10.2. The summed E-state index contributed by atoms with van der Waals surface area (Å²) in [5.41, 5.74) is 9.85. The molecule has 0 aliphatic carbocycles. The van der Waals surface area contributed by atoms with Gasteiger partial charge in [0.1, 0.15) is 11.5 Å². The Morgan fingerprint density at radius 2 is 1.94 bits per heavy atom. The average molecular weight is 424 g/mol. The Morgan fingerprint density at radius 1 is 1.23 bits per heavy atom. The van der Waals surface area contributed by atoms with Gasteiger partial charge < -0.3 is 29.7 Å². The monoisotopic (exact) mass is 423 g/mol. The van der Waals surface area contributed by atoms with Gasteiger partial charge in [-0.3, -0.25) is 9.79 Å². The molecule has 8 heteroatoms. The molecule has 0 unspecified atom stereocenters. The number of furan rings is 1. The van der Waals surface area contributed by atoms with Crippen LogP contribution in [-0.2, 0) is 13.1 Å². The van der Waals surface area contributed by atoms with Gasteiger partial charge >= 0.3 is 0 Å². The van der Waals surface area contributed by atoms with Crippen molar-refractivity contribution in [2.45, 2.75) is 26.9 Å². The maximum absolute atomic E-state index is 11.2. The van der Waals surface area contributed by atoms with E-state index in [9.17, 15) is 4.79 Å². The Hall–Kier alpha value is -3.68. The topological polar surface area (TPSA) is 98.0 Å². The summed E-state index contributed by atoms with van der Waals surface area (Å²) in [6.07, 6.45) is 0. The number of amides is 1. The molecular formula is C23H29N5O3. The van der Waals surface area contributed by atoms with E-state index in [4.69, 9.17) is 14.9 Å². The minimum atomic E-state index is -0.583. The largest absolute Gasteiger partial charge is 0.497 e. The van der Waals surface area contributed by atoms with Crippen molar-refractivity contribution in [1.29, 1.82) is 0 Å². The van der Waals surface area contributed by atoms with Crippen molar-refractivity contribution < 1.29 is 13.9 Å². The molecule has 2 heterocycles. The molecule has 0 aliphatic heterocycles. The molecule has 3 aromatic rings. The molecule has 2 aromatic heterocycles. The van der Waals surface area contributed by atoms with Gasteiger partial charge in [-0.15, -0.1) is 0 Å². The zero-order chi connectivity index (χ0) is 22.5. The van der Waals surface area contributed by atoms with Gasteiger partial charge in [-0.25, -0.2) is 0 Å². The van der Waals surface area contributed by atoms with E-state index in [1.807, 2.05) is 24.1 Å². The lowest BCUT2D eigenvalue weighted by Gasteiger charge is -2.22. The van der Waals surface area contributed by atoms with Crippen molar-refractivity contribution in [3.05, 3.63) is 70.9 Å². The minimum absolute atomic E-state index is 0.145. The van der Waals surface area contributed by atoms with Crippen LogP contribution < -0.4 is 15.8 Å². The summed E-state index contributed by atoms with van der Waals surface area (Å²) in [7, 11) is 5.38. The predicted molar refractivity (Wildman–Crippen MR) is 121 cm³/mol. The summed E-state index contributed by atoms with van der Waals surface area (Å²) in [6.45, 7) is 5.29. The predicted octanol–water partition coefficient (Wildman–Crippen LogP) is 3.00. The van der Waals surface area contributed by atoms with E-state index in [1.165, 1.54) is 11.3 Å². The van der Waals surface area contributed by atoms with Crippen LogP contribution in [0, 0.1) is 13.8 Å². The molecule has 0 spiro atoms. The Kier molecular flexibility index (Phi) is 6.69. The van der Waals surface area contributed by atoms with Crippen molar-refractivity contribution in [3.63, 3.8) is 0 Å². The van der Waals surface area contributed by atoms with Crippen molar-refractivity contribution in [1.82, 2.24) is 14.8 Å². The zero-order valence-electron chi connectivity index (χ0n) is 18.6. The lowest BCUT2D eigenvalue weighted by Crippen LogP contribution is -2.38. The highest BCUT2D eigenvalue weighted by molar-refractivity contribution is 5.89. The Morgan fingerprint density at radius 3 is 2.52 bits per heavy atom. The minimum Gasteiger partial charge on any atom is -0.497 e. The molecule has 0 aliphatic rings. The number of methoxy groups -OCH3 is 1. The van der Waals surface area contributed by atoms with Gasteiger partial charge in [0.15, 0.2) is 11.7 Å². The number of rotatable bonds is 7. The molecule has 3 rings (SSSR count). The molecule has 3 N–H and O–H groups in total. The molecule has 0 bridgehead atoms. The summed E-state index contributed by atoms with van der Waals surface area (Å²) >= 11 is 0. The van der Waals surface area contributed by atoms with Gasteiger partial charge in [0.05, 0.1) is 13.7 Å². The molecule has 0 atom stereocenters. The summed E-state index contributed by atoms with van der Waals surface area (Å²) in [6, 6.07) is 13.5. The number of guanidine groups is 1. The van der Waals surface area contributed by atoms with Crippen LogP contribution >= 0.6 is 0 Å². The van der Waals surface area contributed by atoms with Gasteiger partial charge in [0.2, 0.25) is 0 Å². The van der Waals surface area contributed by atoms with Gasteiger partial charge in [0, 0.05) is 37.7 Å². The van der Waals surface area contributed by atoms with E-state index in [0.29, 0.717) is 24.8 Å². The molecule has 0 radical (unpaired) electrons. The summed E-state index contributed by atoms with van der Waals surface area (Å²) in [4.78, 5) is 17.6. The fraction of sp³-hybridized carbons (Fsp3) is 0.304. The van der Waals surface area contributed by atoms with Crippen molar-refractivity contribution >= 4 is 11.9 Å². The number of aliphatic imine (C=N–C) groups is 1. The van der Waals surface area contributed by atoms with Crippen LogP contribution in [0.3, 0.4) is 0 Å². The summed E-state index contributed by atoms with van der Waals surface area (Å²) in [5, 5.41) is 3.25. The first-order valence-corrected chi connectivity index (χ1v) is 9.96. The highest BCUT2D eigenvalue weighted by Crippen LogP contribution is 2.23. The number of aryl methyl sites for hydroxylation is 1. The number of hydrogen-bond acceptors (Lipinski definition) is 4. The van der Waals surface area contributed by atoms with Crippen molar-refractivity contribution in [2.24, 2.45) is 10.7 Å². The molecule has 0 saturated carbocycles. The number of primary amides is 1. The smallest absolute Gasteiger partial charge is 0.284 e. The van der Waals surface area contributed by atoms with Crippen LogP contribution in [0.2, 0.25) is 0 Å². The fourth-order valence-corrected chi connectivity index (χ4v) is 3.60. The van der Waals surface area contributed by atoms with Gasteiger partial charge in [-0.2, -0.15) is 0 Å². The Balaban J connectivity index is 1.70. The van der Waals surface area contributed by atoms with E-state index < -0.39 is 5.91 Å². The normalized spacial score (nSPS) is 11.5.